The number of hydrogen-bond acceptors (Lipinski definition) is 3. The van der Waals surface area contributed by atoms with Crippen LogP contribution in [0, 0.1) is 5.92 Å². The summed E-state index contributed by atoms with van der Waals surface area (Å²) in [7, 11) is 0. The topological polar surface area (TPSA) is 75.2 Å². The Labute approximate surface area is 181 Å². The molecule has 1 saturated heterocycles. The molecule has 0 saturated carbocycles. The van der Waals surface area contributed by atoms with Gasteiger partial charge in [0.15, 0.2) is 6.54 Å². The highest BCUT2D eigenvalue weighted by molar-refractivity contribution is 5.77. The Balaban J connectivity index is 1.84. The van der Waals surface area contributed by atoms with Crippen molar-refractivity contribution in [2.75, 3.05) is 26.2 Å². The van der Waals surface area contributed by atoms with Gasteiger partial charge in [-0.3, -0.25) is 4.79 Å². The molecule has 6 heteroatoms. The third-order valence-electron chi connectivity index (χ3n) is 5.82. The Kier molecular flexibility index (Phi) is 8.71. The van der Waals surface area contributed by atoms with E-state index < -0.39 is 0 Å². The Hall–Kier alpha value is -2.08. The van der Waals surface area contributed by atoms with Crippen LogP contribution in [0.4, 0.5) is 4.79 Å². The Bertz CT molecular complexity index is 687. The molecule has 2 amide bonds. The molecule has 1 aliphatic rings. The molecule has 1 aromatic carbocycles. The van der Waals surface area contributed by atoms with Crippen LogP contribution in [0.1, 0.15) is 71.6 Å². The van der Waals surface area contributed by atoms with Gasteiger partial charge in [0.2, 0.25) is 0 Å². The van der Waals surface area contributed by atoms with Crippen molar-refractivity contribution in [3.8, 4) is 0 Å². The van der Waals surface area contributed by atoms with Crippen LogP contribution >= 0.6 is 0 Å². The number of hydrogen-bond donors (Lipinski definition) is 2. The predicted molar refractivity (Wildman–Crippen MR) is 119 cm³/mol. The minimum Gasteiger partial charge on any atom is -0.450 e. The van der Waals surface area contributed by atoms with Crippen molar-refractivity contribution < 1.29 is 19.6 Å². The molecule has 1 aliphatic heterocycles. The van der Waals surface area contributed by atoms with Crippen LogP contribution in [0.5, 0.6) is 0 Å². The molecule has 1 aromatic rings. The van der Waals surface area contributed by atoms with Gasteiger partial charge in [-0.2, -0.15) is 0 Å². The number of likely N-dealkylation sites (tertiary alicyclic amines) is 1. The number of nitrogens with two attached hydrogens (primary N) is 1. The maximum absolute atomic E-state index is 12.5. The predicted octanol–water partition coefficient (Wildman–Crippen LogP) is 2.98. The summed E-state index contributed by atoms with van der Waals surface area (Å²) in [5.41, 5.74) is 2.72. The maximum atomic E-state index is 12.5. The van der Waals surface area contributed by atoms with E-state index in [0.29, 0.717) is 32.2 Å². The van der Waals surface area contributed by atoms with Gasteiger partial charge in [-0.05, 0) is 30.7 Å². The van der Waals surface area contributed by atoms with Crippen molar-refractivity contribution in [3.63, 3.8) is 0 Å². The monoisotopic (exact) mass is 418 g/mol. The van der Waals surface area contributed by atoms with E-state index in [1.807, 2.05) is 6.92 Å². The molecule has 2 rings (SSSR count). The Morgan fingerprint density at radius 1 is 1.17 bits per heavy atom. The summed E-state index contributed by atoms with van der Waals surface area (Å²) in [4.78, 5) is 26.0. The van der Waals surface area contributed by atoms with Gasteiger partial charge in [0, 0.05) is 30.6 Å². The third-order valence-corrected chi connectivity index (χ3v) is 5.82. The first-order chi connectivity index (χ1) is 14.1. The molecule has 1 fully saturated rings. The SMILES string of the molecule is CCOC(=O)N1CCC(NC(=O)C[NH2+][C@H](c2ccc(C(C)(C)C)cc2)C(C)C)CC1. The van der Waals surface area contributed by atoms with Gasteiger partial charge in [-0.15, -0.1) is 0 Å². The van der Waals surface area contributed by atoms with Gasteiger partial charge in [-0.25, -0.2) is 4.79 Å². The van der Waals surface area contributed by atoms with Crippen LogP contribution in [-0.4, -0.2) is 49.2 Å². The van der Waals surface area contributed by atoms with E-state index in [1.54, 1.807) is 4.90 Å². The fourth-order valence-corrected chi connectivity index (χ4v) is 3.94. The second-order valence-electron chi connectivity index (χ2n) is 9.61. The van der Waals surface area contributed by atoms with Crippen LogP contribution in [-0.2, 0) is 14.9 Å². The van der Waals surface area contributed by atoms with E-state index in [-0.39, 0.29) is 29.5 Å². The molecule has 168 valence electrons. The van der Waals surface area contributed by atoms with Crippen LogP contribution < -0.4 is 10.6 Å². The molecular weight excluding hydrogens is 378 g/mol. The molecule has 0 spiro atoms. The second-order valence-corrected chi connectivity index (χ2v) is 9.61. The summed E-state index contributed by atoms with van der Waals surface area (Å²) in [6.07, 6.45) is 1.28. The average Bonchev–Trinajstić information content (AvgIpc) is 2.68. The number of quaternary nitrogens is 1. The van der Waals surface area contributed by atoms with Crippen molar-refractivity contribution in [1.82, 2.24) is 10.2 Å². The van der Waals surface area contributed by atoms with Gasteiger partial charge in [0.05, 0.1) is 6.61 Å². The molecule has 0 aliphatic carbocycles. The summed E-state index contributed by atoms with van der Waals surface area (Å²) in [6.45, 7) is 14.9. The highest BCUT2D eigenvalue weighted by Gasteiger charge is 2.26. The third kappa shape index (κ3) is 7.01. The highest BCUT2D eigenvalue weighted by atomic mass is 16.6. The van der Waals surface area contributed by atoms with Gasteiger partial charge >= 0.3 is 6.09 Å². The zero-order valence-electron chi connectivity index (χ0n) is 19.5. The van der Waals surface area contributed by atoms with E-state index >= 15 is 0 Å². The molecule has 1 atom stereocenters. The van der Waals surface area contributed by atoms with Crippen molar-refractivity contribution >= 4 is 12.0 Å². The zero-order chi connectivity index (χ0) is 22.3. The van der Waals surface area contributed by atoms with E-state index in [1.165, 1.54) is 11.1 Å². The normalized spacial score (nSPS) is 16.4. The molecule has 0 aromatic heterocycles. The van der Waals surface area contributed by atoms with E-state index in [4.69, 9.17) is 4.74 Å². The fraction of sp³-hybridized carbons (Fsp3) is 0.667. The van der Waals surface area contributed by atoms with Gasteiger partial charge < -0.3 is 20.3 Å². The second kappa shape index (κ2) is 10.8. The summed E-state index contributed by atoms with van der Waals surface area (Å²) in [5.74, 6) is 0.479. The number of rotatable bonds is 7. The lowest BCUT2D eigenvalue weighted by Gasteiger charge is -2.31. The number of ether oxygens (including phenoxy) is 1. The molecule has 0 unspecified atom stereocenters. The van der Waals surface area contributed by atoms with Gasteiger partial charge in [-0.1, -0.05) is 58.9 Å². The number of carbonyl (C=O) groups excluding carboxylic acids is 2. The fourth-order valence-electron chi connectivity index (χ4n) is 3.94. The molecule has 0 bridgehead atoms. The van der Waals surface area contributed by atoms with E-state index in [2.05, 4.69) is 69.5 Å². The lowest BCUT2D eigenvalue weighted by Crippen LogP contribution is -2.88. The Morgan fingerprint density at radius 3 is 2.27 bits per heavy atom. The summed E-state index contributed by atoms with van der Waals surface area (Å²) >= 11 is 0. The molecular formula is C24H40N3O3+. The first-order valence-electron chi connectivity index (χ1n) is 11.3. The number of nitrogens with one attached hydrogen (secondary N) is 1. The number of nitrogens with zero attached hydrogens (tertiary/aromatic N) is 1. The molecule has 1 heterocycles. The lowest BCUT2D eigenvalue weighted by atomic mass is 9.85. The minimum atomic E-state index is -0.257. The minimum absolute atomic E-state index is 0.0570. The zero-order valence-corrected chi connectivity index (χ0v) is 19.5. The van der Waals surface area contributed by atoms with Crippen molar-refractivity contribution in [3.05, 3.63) is 35.4 Å². The van der Waals surface area contributed by atoms with Crippen molar-refractivity contribution in [2.45, 2.75) is 71.9 Å². The molecule has 0 radical (unpaired) electrons. The standard InChI is InChI=1S/C24H39N3O3/c1-7-30-23(29)27-14-12-20(13-15-27)26-21(28)16-25-22(17(2)3)18-8-10-19(11-9-18)24(4,5)6/h8-11,17,20,22,25H,7,12-16H2,1-6H3,(H,26,28)/p+1/t22-/m0/s1. The molecule has 3 N–H and O–H groups in total. The lowest BCUT2D eigenvalue weighted by molar-refractivity contribution is -0.692. The summed E-state index contributed by atoms with van der Waals surface area (Å²) in [6, 6.07) is 9.18. The molecule has 30 heavy (non-hydrogen) atoms. The smallest absolute Gasteiger partial charge is 0.409 e. The maximum Gasteiger partial charge on any atom is 0.409 e. The van der Waals surface area contributed by atoms with Crippen molar-refractivity contribution in [1.29, 1.82) is 0 Å². The quantitative estimate of drug-likeness (QED) is 0.715. The first-order valence-corrected chi connectivity index (χ1v) is 11.3. The van der Waals surface area contributed by atoms with Gasteiger partial charge in [0.25, 0.3) is 5.91 Å². The van der Waals surface area contributed by atoms with Crippen LogP contribution in [0.2, 0.25) is 0 Å². The number of amides is 2. The Morgan fingerprint density at radius 2 is 1.77 bits per heavy atom. The van der Waals surface area contributed by atoms with Crippen LogP contribution in [0.25, 0.3) is 0 Å². The molecule has 6 nitrogen and oxygen atoms in total. The number of benzene rings is 1. The van der Waals surface area contributed by atoms with E-state index in [9.17, 15) is 9.59 Å². The average molecular weight is 419 g/mol. The van der Waals surface area contributed by atoms with Crippen molar-refractivity contribution in [2.24, 2.45) is 5.92 Å². The largest absolute Gasteiger partial charge is 0.450 e. The first kappa shape index (κ1) is 24.2. The highest BCUT2D eigenvalue weighted by Crippen LogP contribution is 2.25. The van der Waals surface area contributed by atoms with E-state index in [0.717, 1.165) is 12.8 Å². The van der Waals surface area contributed by atoms with Crippen LogP contribution in [0.3, 0.4) is 0 Å². The number of piperidine rings is 1. The van der Waals surface area contributed by atoms with Crippen LogP contribution in [0.15, 0.2) is 24.3 Å². The summed E-state index contributed by atoms with van der Waals surface area (Å²) < 4.78 is 5.05. The summed E-state index contributed by atoms with van der Waals surface area (Å²) in [5, 5.41) is 5.27. The van der Waals surface area contributed by atoms with Gasteiger partial charge in [0.1, 0.15) is 6.04 Å². The number of carbonyl (C=O) groups is 2.